The van der Waals surface area contributed by atoms with Gasteiger partial charge in [-0.15, -0.1) is 11.3 Å². The summed E-state index contributed by atoms with van der Waals surface area (Å²) in [4.78, 5) is 33.5. The molecule has 2 aromatic heterocycles. The number of piperidine rings is 1. The molecule has 11 nitrogen and oxygen atoms in total. The highest BCUT2D eigenvalue weighted by atomic mass is 35.5. The van der Waals surface area contributed by atoms with E-state index in [1.807, 2.05) is 36.4 Å². The van der Waals surface area contributed by atoms with Gasteiger partial charge in [-0.2, -0.15) is 4.73 Å². The van der Waals surface area contributed by atoms with Crippen LogP contribution >= 0.6 is 34.5 Å². The van der Waals surface area contributed by atoms with Crippen molar-refractivity contribution in [2.75, 3.05) is 54.2 Å². The van der Waals surface area contributed by atoms with Crippen LogP contribution in [-0.4, -0.2) is 82.0 Å². The molecule has 2 aromatic carbocycles. The van der Waals surface area contributed by atoms with Crippen molar-refractivity contribution in [1.82, 2.24) is 9.80 Å². The topological polar surface area (TPSA) is 114 Å². The summed E-state index contributed by atoms with van der Waals surface area (Å²) in [6.07, 6.45) is 3.63. The number of pyridine rings is 1. The highest BCUT2D eigenvalue weighted by molar-refractivity contribution is 7.13. The quantitative estimate of drug-likeness (QED) is 0.0736. The van der Waals surface area contributed by atoms with Crippen LogP contribution in [0.2, 0.25) is 10.0 Å². The van der Waals surface area contributed by atoms with E-state index < -0.39 is 18.1 Å². The van der Waals surface area contributed by atoms with E-state index in [4.69, 9.17) is 46.9 Å². The molecule has 2 unspecified atom stereocenters. The van der Waals surface area contributed by atoms with Gasteiger partial charge in [-0.1, -0.05) is 59.6 Å². The molecule has 0 spiro atoms. The van der Waals surface area contributed by atoms with Crippen LogP contribution in [-0.2, 0) is 32.0 Å². The third kappa shape index (κ3) is 9.61. The molecule has 4 heterocycles. The number of aromatic nitrogens is 1. The molecule has 53 heavy (non-hydrogen) atoms. The van der Waals surface area contributed by atoms with Crippen LogP contribution in [0.25, 0.3) is 0 Å². The van der Waals surface area contributed by atoms with E-state index in [1.165, 1.54) is 38.0 Å². The summed E-state index contributed by atoms with van der Waals surface area (Å²) in [6.45, 7) is 3.72. The lowest BCUT2D eigenvalue weighted by molar-refractivity contribution is -0.605. The Kier molecular flexibility index (Phi) is 13.1. The minimum atomic E-state index is -0.851. The van der Waals surface area contributed by atoms with Crippen molar-refractivity contribution in [3.63, 3.8) is 0 Å². The zero-order valence-electron chi connectivity index (χ0n) is 29.9. The van der Waals surface area contributed by atoms with Gasteiger partial charge in [-0.3, -0.25) is 4.90 Å². The molecule has 0 amide bonds. The van der Waals surface area contributed by atoms with Crippen LogP contribution in [0.4, 0.5) is 0 Å². The Labute approximate surface area is 323 Å². The number of likely N-dealkylation sites (tertiary alicyclic amines) is 1. The second-order valence-electron chi connectivity index (χ2n) is 13.3. The number of rotatable bonds is 15. The third-order valence-electron chi connectivity index (χ3n) is 9.74. The Balaban J connectivity index is 1.23. The minimum absolute atomic E-state index is 0.0174. The van der Waals surface area contributed by atoms with Crippen molar-refractivity contribution in [2.24, 2.45) is 5.92 Å². The third-order valence-corrected chi connectivity index (χ3v) is 11.4. The van der Waals surface area contributed by atoms with Crippen molar-refractivity contribution >= 4 is 46.5 Å². The molecule has 2 fully saturated rings. The van der Waals surface area contributed by atoms with Crippen molar-refractivity contribution in [3.05, 3.63) is 115 Å². The molecule has 0 bridgehead atoms. The second-order valence-corrected chi connectivity index (χ2v) is 15.3. The first-order valence-corrected chi connectivity index (χ1v) is 19.0. The molecule has 282 valence electrons. The van der Waals surface area contributed by atoms with E-state index in [1.54, 1.807) is 24.3 Å². The van der Waals surface area contributed by atoms with E-state index in [0.29, 0.717) is 64.5 Å². The number of nitrogens with zero attached hydrogens (tertiary/aromatic N) is 3. The Morgan fingerprint density at radius 1 is 0.981 bits per heavy atom. The maximum absolute atomic E-state index is 14.0. The molecule has 2 atom stereocenters. The molecular formula is C39H43Cl2N3O8S. The minimum Gasteiger partial charge on any atom is -0.619 e. The van der Waals surface area contributed by atoms with E-state index in [0.717, 1.165) is 36.4 Å². The van der Waals surface area contributed by atoms with Gasteiger partial charge in [0, 0.05) is 23.4 Å². The fourth-order valence-electron chi connectivity index (χ4n) is 6.58. The normalized spacial score (nSPS) is 16.5. The number of hydrogen-bond acceptors (Lipinski definition) is 11. The molecule has 0 saturated carbocycles. The Morgan fingerprint density at radius 2 is 1.68 bits per heavy atom. The number of ether oxygens (including phenoxy) is 5. The summed E-state index contributed by atoms with van der Waals surface area (Å²) in [5.74, 6) is 0.437. The maximum atomic E-state index is 14.0. The number of halogens is 2. The van der Waals surface area contributed by atoms with Crippen molar-refractivity contribution in [2.45, 2.75) is 44.0 Å². The first-order chi connectivity index (χ1) is 25.6. The average molecular weight is 785 g/mol. The highest BCUT2D eigenvalue weighted by Gasteiger charge is 2.38. The largest absolute Gasteiger partial charge is 0.619 e. The van der Waals surface area contributed by atoms with Gasteiger partial charge in [0.05, 0.1) is 40.1 Å². The first kappa shape index (κ1) is 38.8. The summed E-state index contributed by atoms with van der Waals surface area (Å²) >= 11 is 14.2. The maximum Gasteiger partial charge on any atom is 0.348 e. The molecule has 14 heteroatoms. The smallest absolute Gasteiger partial charge is 0.348 e. The van der Waals surface area contributed by atoms with Gasteiger partial charge >= 0.3 is 11.9 Å². The van der Waals surface area contributed by atoms with E-state index in [9.17, 15) is 14.8 Å². The van der Waals surface area contributed by atoms with E-state index >= 15 is 0 Å². The molecule has 2 aliphatic heterocycles. The van der Waals surface area contributed by atoms with Crippen LogP contribution in [0.1, 0.15) is 56.2 Å². The van der Waals surface area contributed by atoms with Gasteiger partial charge in [-0.05, 0) is 74.3 Å². The van der Waals surface area contributed by atoms with Crippen LogP contribution in [0.15, 0.2) is 73.1 Å². The number of esters is 2. The monoisotopic (exact) mass is 783 g/mol. The lowest BCUT2D eigenvalue weighted by Crippen LogP contribution is -2.52. The zero-order chi connectivity index (χ0) is 37.5. The van der Waals surface area contributed by atoms with Gasteiger partial charge in [0.1, 0.15) is 27.1 Å². The average Bonchev–Trinajstić information content (AvgIpc) is 3.60. The Hall–Kier alpha value is -3.91. The van der Waals surface area contributed by atoms with Crippen molar-refractivity contribution in [1.29, 1.82) is 0 Å². The van der Waals surface area contributed by atoms with E-state index in [-0.39, 0.29) is 28.5 Å². The summed E-state index contributed by atoms with van der Waals surface area (Å²) in [6, 6.07) is 17.8. The van der Waals surface area contributed by atoms with Crippen LogP contribution in [0.3, 0.4) is 0 Å². The number of benzene rings is 2. The number of carbonyl (C=O) groups is 2. The van der Waals surface area contributed by atoms with Crippen LogP contribution < -0.4 is 14.2 Å². The van der Waals surface area contributed by atoms with Gasteiger partial charge in [0.25, 0.3) is 0 Å². The molecule has 0 radical (unpaired) electrons. The van der Waals surface area contributed by atoms with Gasteiger partial charge in [0.15, 0.2) is 23.9 Å². The summed E-state index contributed by atoms with van der Waals surface area (Å²) in [5, 5.41) is 12.2. The van der Waals surface area contributed by atoms with Crippen LogP contribution in [0, 0.1) is 11.1 Å². The number of thiophene rings is 1. The lowest BCUT2D eigenvalue weighted by Gasteiger charge is -2.41. The molecular weight excluding hydrogens is 741 g/mol. The van der Waals surface area contributed by atoms with Gasteiger partial charge < -0.3 is 33.8 Å². The fourth-order valence-corrected chi connectivity index (χ4v) is 8.08. The fraction of sp³-hybridized carbons (Fsp3) is 0.410. The summed E-state index contributed by atoms with van der Waals surface area (Å²) in [7, 11) is 5.16. The van der Waals surface area contributed by atoms with Crippen LogP contribution in [0.5, 0.6) is 11.5 Å². The molecule has 0 aliphatic carbocycles. The predicted octanol–water partition coefficient (Wildman–Crippen LogP) is 6.67. The molecule has 4 aromatic rings. The molecule has 2 aliphatic rings. The van der Waals surface area contributed by atoms with Gasteiger partial charge in [0.2, 0.25) is 0 Å². The second kappa shape index (κ2) is 17.9. The molecule has 6 rings (SSSR count). The summed E-state index contributed by atoms with van der Waals surface area (Å²) < 4.78 is 29.2. The van der Waals surface area contributed by atoms with Crippen molar-refractivity contribution in [3.8, 4) is 11.5 Å². The highest BCUT2D eigenvalue weighted by Crippen LogP contribution is 2.37. The SMILES string of the molecule is COc1ccc(C(Cc2c(Cl)c[n+]([O-])cc2Cl)OC(=O)c2ccc(CN(C3COC3)C(C(=O)OCC3CCN(C)CC3)c3ccccc3)s2)cc1OC. The number of carbonyl (C=O) groups excluding carboxylic acids is 2. The van der Waals surface area contributed by atoms with Gasteiger partial charge in [-0.25, -0.2) is 9.59 Å². The number of hydrogen-bond donors (Lipinski definition) is 0. The van der Waals surface area contributed by atoms with E-state index in [2.05, 4.69) is 16.8 Å². The number of methoxy groups -OCH3 is 2. The predicted molar refractivity (Wildman–Crippen MR) is 202 cm³/mol. The Bertz CT molecular complexity index is 1840. The first-order valence-electron chi connectivity index (χ1n) is 17.4. The lowest BCUT2D eigenvalue weighted by atomic mass is 9.98. The molecule has 2 saturated heterocycles. The summed E-state index contributed by atoms with van der Waals surface area (Å²) in [5.41, 5.74) is 1.90. The Morgan fingerprint density at radius 3 is 2.32 bits per heavy atom. The zero-order valence-corrected chi connectivity index (χ0v) is 32.2. The molecule has 0 N–H and O–H groups in total. The van der Waals surface area contributed by atoms with Crippen molar-refractivity contribution < 1.29 is 38.0 Å². The standard InChI is InChI=1S/C39H43Cl2N3O8S/c1-42-15-13-25(14-16-42)22-51-39(46)37(26-7-5-4-6-8-26)44(28-23-50-24-28)19-29-10-12-36(53-29)38(45)52-34(18-30-31(40)20-43(47)21-32(30)41)27-9-11-33(48-2)35(17-27)49-3/h4-12,17,20-21,25,28,34,37H,13-16,18-19,22-24H2,1-3H3.